The summed E-state index contributed by atoms with van der Waals surface area (Å²) in [5, 5.41) is 6.69. The Kier molecular flexibility index (Phi) is 6.31. The van der Waals surface area contributed by atoms with Crippen molar-refractivity contribution in [3.63, 3.8) is 0 Å². The molecule has 0 fully saturated rings. The number of hydrogen-bond acceptors (Lipinski definition) is 4. The summed E-state index contributed by atoms with van der Waals surface area (Å²) in [6.07, 6.45) is 0. The van der Waals surface area contributed by atoms with Gasteiger partial charge in [0, 0.05) is 49.0 Å². The highest BCUT2D eigenvalue weighted by Gasteiger charge is 2.41. The fourth-order valence-corrected chi connectivity index (χ4v) is 10.0. The highest BCUT2D eigenvalue weighted by atomic mass is 16.5. The molecule has 6 heteroatoms. The minimum absolute atomic E-state index is 0.355. The first-order valence-electron chi connectivity index (χ1n) is 20.3. The van der Waals surface area contributed by atoms with Crippen LogP contribution in [0.2, 0.25) is 0 Å². The van der Waals surface area contributed by atoms with Gasteiger partial charge in [-0.2, -0.15) is 0 Å². The first kappa shape index (κ1) is 32.1. The Balaban J connectivity index is 0.910. The van der Waals surface area contributed by atoms with Gasteiger partial charge in [-0.15, -0.1) is 0 Å². The van der Waals surface area contributed by atoms with Crippen LogP contribution in [0, 0.1) is 0 Å². The second-order valence-electron chi connectivity index (χ2n) is 15.9. The van der Waals surface area contributed by atoms with Crippen LogP contribution < -0.4 is 20.3 Å². The van der Waals surface area contributed by atoms with Crippen LogP contribution in [-0.4, -0.2) is 11.5 Å². The van der Waals surface area contributed by atoms with E-state index in [0.717, 1.165) is 111 Å². The molecule has 0 aliphatic carbocycles. The molecule has 60 heavy (non-hydrogen) atoms. The van der Waals surface area contributed by atoms with E-state index in [1.807, 2.05) is 24.3 Å². The Morgan fingerprint density at radius 2 is 1.10 bits per heavy atom. The monoisotopic (exact) mass is 767 g/mol. The molecule has 0 amide bonds. The van der Waals surface area contributed by atoms with Gasteiger partial charge < -0.3 is 22.8 Å². The summed E-state index contributed by atoms with van der Waals surface area (Å²) in [6.45, 7) is -0.355. The lowest BCUT2D eigenvalue weighted by Crippen LogP contribution is -2.53. The third-order valence-corrected chi connectivity index (χ3v) is 12.7. The van der Waals surface area contributed by atoms with Crippen molar-refractivity contribution in [2.45, 2.75) is 0 Å². The highest BCUT2D eigenvalue weighted by Crippen LogP contribution is 2.45. The fraction of sp³-hybridized carbons (Fsp3) is 0. The van der Waals surface area contributed by atoms with E-state index >= 15 is 0 Å². The van der Waals surface area contributed by atoms with Gasteiger partial charge in [0.1, 0.15) is 39.6 Å². The predicted octanol–water partition coefficient (Wildman–Crippen LogP) is 13.2. The van der Waals surface area contributed by atoms with Crippen LogP contribution in [0.3, 0.4) is 0 Å². The summed E-state index contributed by atoms with van der Waals surface area (Å²) in [7, 11) is 0. The number of hydrogen-bond donors (Lipinski definition) is 0. The smallest absolute Gasteiger partial charge is 0.434 e. The molecule has 0 atom stereocenters. The molecule has 0 N–H and O–H groups in total. The van der Waals surface area contributed by atoms with Crippen molar-refractivity contribution in [1.82, 2.24) is 4.57 Å². The van der Waals surface area contributed by atoms with Gasteiger partial charge in [-0.05, 0) is 95.1 Å². The van der Waals surface area contributed by atoms with E-state index < -0.39 is 0 Å². The zero-order chi connectivity index (χ0) is 39.1. The molecule has 3 aromatic heterocycles. The van der Waals surface area contributed by atoms with E-state index in [2.05, 4.69) is 162 Å². The summed E-state index contributed by atoms with van der Waals surface area (Å²) >= 11 is 0. The third-order valence-electron chi connectivity index (χ3n) is 12.7. The van der Waals surface area contributed by atoms with Crippen LogP contribution in [0.1, 0.15) is 0 Å². The lowest BCUT2D eigenvalue weighted by Gasteiger charge is -2.33. The molecule has 2 aliphatic rings. The summed E-state index contributed by atoms with van der Waals surface area (Å²) in [5.74, 6) is 2.44. The molecule has 2 aliphatic heterocycles. The zero-order valence-electron chi connectivity index (χ0n) is 32.0. The average Bonchev–Trinajstić information content (AvgIpc) is 3.98. The normalized spacial score (nSPS) is 12.9. The fourth-order valence-electron chi connectivity index (χ4n) is 10.0. The Hall–Kier alpha value is -7.96. The second kappa shape index (κ2) is 11.8. The van der Waals surface area contributed by atoms with Crippen molar-refractivity contribution < 1.29 is 18.2 Å². The van der Waals surface area contributed by atoms with Crippen molar-refractivity contribution >= 4 is 83.5 Å². The molecule has 9 aromatic carbocycles. The van der Waals surface area contributed by atoms with E-state index in [9.17, 15) is 0 Å². The first-order chi connectivity index (χ1) is 29.7. The van der Waals surface area contributed by atoms with Crippen LogP contribution in [0.4, 0.5) is 0 Å². The summed E-state index contributed by atoms with van der Waals surface area (Å²) < 4.78 is 29.2. The quantitative estimate of drug-likeness (QED) is 0.168. The number of para-hydroxylation sites is 5. The van der Waals surface area contributed by atoms with Gasteiger partial charge in [0.25, 0.3) is 0 Å². The first-order valence-corrected chi connectivity index (χ1v) is 20.3. The number of fused-ring (bicyclic) bond motifs is 14. The summed E-state index contributed by atoms with van der Waals surface area (Å²) in [6, 6.07) is 64.1. The van der Waals surface area contributed by atoms with Crippen molar-refractivity contribution in [3.05, 3.63) is 182 Å². The second-order valence-corrected chi connectivity index (χ2v) is 15.9. The van der Waals surface area contributed by atoms with Crippen LogP contribution in [0.5, 0.6) is 17.2 Å². The molecule has 14 rings (SSSR count). The maximum absolute atomic E-state index is 6.94. The maximum atomic E-state index is 6.94. The largest absolute Gasteiger partial charge is 0.551 e. The number of rotatable bonds is 3. The minimum atomic E-state index is -0.355. The van der Waals surface area contributed by atoms with Gasteiger partial charge in [0.05, 0.1) is 22.1 Å². The van der Waals surface area contributed by atoms with Crippen molar-refractivity contribution in [3.8, 4) is 56.3 Å². The van der Waals surface area contributed by atoms with Gasteiger partial charge in [-0.25, -0.2) is 0 Å². The standard InChI is InChI=1S/C54H30BNO4/c1-6-16-43(56-44-17-7-2-12-35(44)36-13-3-8-18-45(36)56)34(11-1)33-27-41-38-15-5-10-20-47(38)60-55-42-28-31(22-25-48(42)57-51(30-33)53(41)55)32-21-23-40-50(29-32)58-49-26-24-39-37-14-4-9-19-46(37)59-54(39)52(40)49/h1-30H. The highest BCUT2D eigenvalue weighted by molar-refractivity contribution is 6.84. The number of benzene rings is 9. The van der Waals surface area contributed by atoms with Gasteiger partial charge in [0.2, 0.25) is 0 Å². The third kappa shape index (κ3) is 4.37. The minimum Gasteiger partial charge on any atom is -0.551 e. The summed E-state index contributed by atoms with van der Waals surface area (Å²) in [4.78, 5) is 0. The van der Waals surface area contributed by atoms with Crippen molar-refractivity contribution in [1.29, 1.82) is 0 Å². The molecule has 0 bridgehead atoms. The van der Waals surface area contributed by atoms with E-state index in [-0.39, 0.29) is 6.92 Å². The predicted molar refractivity (Wildman–Crippen MR) is 244 cm³/mol. The summed E-state index contributed by atoms with van der Waals surface area (Å²) in [5.41, 5.74) is 15.3. The van der Waals surface area contributed by atoms with Gasteiger partial charge in [-0.3, -0.25) is 0 Å². The average molecular weight is 768 g/mol. The van der Waals surface area contributed by atoms with E-state index in [1.165, 1.54) is 21.8 Å². The van der Waals surface area contributed by atoms with Gasteiger partial charge >= 0.3 is 6.92 Å². The maximum Gasteiger partial charge on any atom is 0.434 e. The Bertz CT molecular complexity index is 3760. The van der Waals surface area contributed by atoms with Crippen molar-refractivity contribution in [2.75, 3.05) is 0 Å². The van der Waals surface area contributed by atoms with Crippen LogP contribution >= 0.6 is 0 Å². The Morgan fingerprint density at radius 3 is 1.97 bits per heavy atom. The lowest BCUT2D eigenvalue weighted by atomic mass is 9.50. The molecule has 5 nitrogen and oxygen atoms in total. The number of aromatic nitrogens is 1. The van der Waals surface area contributed by atoms with Gasteiger partial charge in [0.15, 0.2) is 0 Å². The molecule has 278 valence electrons. The molecule has 5 heterocycles. The SMILES string of the molecule is c1ccc2c(c1)OB1c3cc(-c4ccc5c(c4)oc4ccc6c7ccccc7oc6c45)ccc3Oc3cc(-c4ccccc4-n4c5ccccc5c5ccccc54)cc-2c31. The van der Waals surface area contributed by atoms with Crippen LogP contribution in [0.15, 0.2) is 191 Å². The molecular formula is C54H30BNO4. The molecule has 0 spiro atoms. The molecule has 0 saturated heterocycles. The zero-order valence-corrected chi connectivity index (χ0v) is 32.0. The van der Waals surface area contributed by atoms with Crippen LogP contribution in [-0.2, 0) is 0 Å². The van der Waals surface area contributed by atoms with E-state index in [0.29, 0.717) is 0 Å². The molecule has 12 aromatic rings. The Labute approximate surface area is 343 Å². The van der Waals surface area contributed by atoms with Crippen molar-refractivity contribution in [2.24, 2.45) is 0 Å². The number of ether oxygens (including phenoxy) is 1. The van der Waals surface area contributed by atoms with E-state index in [1.54, 1.807) is 0 Å². The topological polar surface area (TPSA) is 49.7 Å². The van der Waals surface area contributed by atoms with Gasteiger partial charge in [-0.1, -0.05) is 109 Å². The molecule has 0 saturated carbocycles. The van der Waals surface area contributed by atoms with Crippen LogP contribution in [0.25, 0.3) is 105 Å². The number of furan rings is 2. The number of nitrogens with zero attached hydrogens (tertiary/aromatic N) is 1. The molecule has 0 radical (unpaired) electrons. The molecule has 0 unspecified atom stereocenters. The lowest BCUT2D eigenvalue weighted by molar-refractivity contribution is 0.479. The Morgan fingerprint density at radius 1 is 0.400 bits per heavy atom. The van der Waals surface area contributed by atoms with E-state index in [4.69, 9.17) is 18.2 Å². The molecular weight excluding hydrogens is 737 g/mol.